The molecule has 1 atom stereocenters. The van der Waals surface area contributed by atoms with Gasteiger partial charge in [-0.05, 0) is 48.7 Å². The molecule has 4 nitrogen and oxygen atoms in total. The first-order valence-electron chi connectivity index (χ1n) is 8.59. The third-order valence-electron chi connectivity index (χ3n) is 4.16. The summed E-state index contributed by atoms with van der Waals surface area (Å²) in [5, 5.41) is 10.2. The Morgan fingerprint density at radius 3 is 2.35 bits per heavy atom. The molecule has 0 aliphatic rings. The number of rotatable bonds is 7. The first-order valence-corrected chi connectivity index (χ1v) is 9.95. The standard InChI is InChI=1S/C20H22ClN3OS/c1-4-15-7-11-18(12-8-15)25-14(2)19-22-23-20(24(19)3)26-13-16-5-9-17(21)10-6-16/h5-12,14H,4,13H2,1-3H3/t14-/m1/s1. The van der Waals surface area contributed by atoms with Crippen LogP contribution in [-0.2, 0) is 19.2 Å². The number of aromatic nitrogens is 3. The van der Waals surface area contributed by atoms with Gasteiger partial charge in [-0.15, -0.1) is 10.2 Å². The van der Waals surface area contributed by atoms with Gasteiger partial charge in [0.1, 0.15) is 5.75 Å². The summed E-state index contributed by atoms with van der Waals surface area (Å²) in [7, 11) is 1.97. The first kappa shape index (κ1) is 18.8. The molecular weight excluding hydrogens is 366 g/mol. The van der Waals surface area contributed by atoms with Gasteiger partial charge in [-0.2, -0.15) is 0 Å². The van der Waals surface area contributed by atoms with Crippen molar-refractivity contribution in [2.24, 2.45) is 7.05 Å². The Hall–Kier alpha value is -1.98. The van der Waals surface area contributed by atoms with Gasteiger partial charge in [0.2, 0.25) is 0 Å². The van der Waals surface area contributed by atoms with Crippen LogP contribution in [0.25, 0.3) is 0 Å². The molecular formula is C20H22ClN3OS. The van der Waals surface area contributed by atoms with Crippen molar-refractivity contribution in [1.29, 1.82) is 0 Å². The summed E-state index contributed by atoms with van der Waals surface area (Å²) in [6.07, 6.45) is 0.845. The van der Waals surface area contributed by atoms with Crippen LogP contribution in [0.15, 0.2) is 53.7 Å². The predicted molar refractivity (Wildman–Crippen MR) is 107 cm³/mol. The maximum atomic E-state index is 6.02. The number of thioether (sulfide) groups is 1. The number of hydrogen-bond donors (Lipinski definition) is 0. The van der Waals surface area contributed by atoms with Crippen LogP contribution in [0.4, 0.5) is 0 Å². The lowest BCUT2D eigenvalue weighted by Gasteiger charge is -2.14. The summed E-state index contributed by atoms with van der Waals surface area (Å²) in [6, 6.07) is 16.0. The van der Waals surface area contributed by atoms with Crippen molar-refractivity contribution in [1.82, 2.24) is 14.8 Å². The monoisotopic (exact) mass is 387 g/mol. The van der Waals surface area contributed by atoms with E-state index in [-0.39, 0.29) is 6.10 Å². The Kier molecular flexibility index (Phi) is 6.22. The maximum Gasteiger partial charge on any atom is 0.191 e. The van der Waals surface area contributed by atoms with Gasteiger partial charge in [-0.25, -0.2) is 0 Å². The number of hydrogen-bond acceptors (Lipinski definition) is 4. The lowest BCUT2D eigenvalue weighted by Crippen LogP contribution is -2.10. The van der Waals surface area contributed by atoms with Crippen LogP contribution in [0.2, 0.25) is 5.02 Å². The Morgan fingerprint density at radius 2 is 1.69 bits per heavy atom. The third-order valence-corrected chi connectivity index (χ3v) is 5.50. The molecule has 0 unspecified atom stereocenters. The van der Waals surface area contributed by atoms with Crippen molar-refractivity contribution < 1.29 is 4.74 Å². The van der Waals surface area contributed by atoms with Gasteiger partial charge < -0.3 is 9.30 Å². The Labute approximate surface area is 163 Å². The van der Waals surface area contributed by atoms with E-state index in [0.29, 0.717) is 0 Å². The number of halogens is 1. The fraction of sp³-hybridized carbons (Fsp3) is 0.300. The van der Waals surface area contributed by atoms with Crippen molar-refractivity contribution in [2.75, 3.05) is 0 Å². The van der Waals surface area contributed by atoms with E-state index in [1.807, 2.05) is 54.9 Å². The summed E-state index contributed by atoms with van der Waals surface area (Å²) in [5.41, 5.74) is 2.49. The third kappa shape index (κ3) is 4.59. The Bertz CT molecular complexity index is 846. The van der Waals surface area contributed by atoms with Crippen LogP contribution in [-0.4, -0.2) is 14.8 Å². The quantitative estimate of drug-likeness (QED) is 0.504. The van der Waals surface area contributed by atoms with Crippen LogP contribution >= 0.6 is 23.4 Å². The summed E-state index contributed by atoms with van der Waals surface area (Å²) in [5.74, 6) is 2.47. The number of benzene rings is 2. The summed E-state index contributed by atoms with van der Waals surface area (Å²) in [6.45, 7) is 4.13. The fourth-order valence-corrected chi connectivity index (χ4v) is 3.59. The van der Waals surface area contributed by atoms with Gasteiger partial charge in [0.25, 0.3) is 0 Å². The minimum atomic E-state index is -0.176. The molecule has 0 N–H and O–H groups in total. The minimum Gasteiger partial charge on any atom is -0.483 e. The normalized spacial score (nSPS) is 12.2. The lowest BCUT2D eigenvalue weighted by molar-refractivity contribution is 0.211. The van der Waals surface area contributed by atoms with E-state index >= 15 is 0 Å². The second kappa shape index (κ2) is 8.60. The van der Waals surface area contributed by atoms with Crippen LogP contribution in [0, 0.1) is 0 Å². The average Bonchev–Trinajstić information content (AvgIpc) is 3.02. The molecule has 0 aliphatic heterocycles. The summed E-state index contributed by atoms with van der Waals surface area (Å²) in [4.78, 5) is 0. The molecule has 1 heterocycles. The SMILES string of the molecule is CCc1ccc(O[C@H](C)c2nnc(SCc3ccc(Cl)cc3)n2C)cc1. The van der Waals surface area contributed by atoms with Crippen LogP contribution < -0.4 is 4.74 Å². The second-order valence-electron chi connectivity index (χ2n) is 6.07. The van der Waals surface area contributed by atoms with Crippen LogP contribution in [0.5, 0.6) is 5.75 Å². The van der Waals surface area contributed by atoms with E-state index in [0.717, 1.165) is 33.9 Å². The molecule has 0 fully saturated rings. The van der Waals surface area contributed by atoms with Gasteiger partial charge in [-0.1, -0.05) is 54.6 Å². The van der Waals surface area contributed by atoms with Crippen molar-refractivity contribution in [3.8, 4) is 5.75 Å². The number of nitrogens with zero attached hydrogens (tertiary/aromatic N) is 3. The molecule has 2 aromatic carbocycles. The zero-order chi connectivity index (χ0) is 18.5. The van der Waals surface area contributed by atoms with Crippen molar-refractivity contribution in [2.45, 2.75) is 37.3 Å². The highest BCUT2D eigenvalue weighted by Gasteiger charge is 2.17. The van der Waals surface area contributed by atoms with Gasteiger partial charge in [0.05, 0.1) is 0 Å². The van der Waals surface area contributed by atoms with Crippen molar-refractivity contribution in [3.05, 3.63) is 70.5 Å². The molecule has 0 amide bonds. The average molecular weight is 388 g/mol. The highest BCUT2D eigenvalue weighted by atomic mass is 35.5. The van der Waals surface area contributed by atoms with Gasteiger partial charge in [0, 0.05) is 17.8 Å². The van der Waals surface area contributed by atoms with E-state index in [4.69, 9.17) is 16.3 Å². The van der Waals surface area contributed by atoms with Crippen LogP contribution in [0.1, 0.15) is 36.9 Å². The highest BCUT2D eigenvalue weighted by Crippen LogP contribution is 2.26. The van der Waals surface area contributed by atoms with Gasteiger partial charge in [-0.3, -0.25) is 0 Å². The molecule has 0 aliphatic carbocycles. The molecule has 1 aromatic heterocycles. The Morgan fingerprint density at radius 1 is 1.04 bits per heavy atom. The molecule has 136 valence electrons. The lowest BCUT2D eigenvalue weighted by atomic mass is 10.2. The van der Waals surface area contributed by atoms with E-state index in [9.17, 15) is 0 Å². The molecule has 0 saturated heterocycles. The van der Waals surface area contributed by atoms with E-state index < -0.39 is 0 Å². The second-order valence-corrected chi connectivity index (χ2v) is 7.45. The zero-order valence-corrected chi connectivity index (χ0v) is 16.7. The summed E-state index contributed by atoms with van der Waals surface area (Å²) >= 11 is 7.57. The maximum absolute atomic E-state index is 6.02. The fourth-order valence-electron chi connectivity index (χ4n) is 2.59. The topological polar surface area (TPSA) is 39.9 Å². The van der Waals surface area contributed by atoms with Gasteiger partial charge in [0.15, 0.2) is 17.1 Å². The smallest absolute Gasteiger partial charge is 0.191 e. The van der Waals surface area contributed by atoms with Crippen molar-refractivity contribution in [3.63, 3.8) is 0 Å². The molecule has 0 bridgehead atoms. The highest BCUT2D eigenvalue weighted by molar-refractivity contribution is 7.98. The predicted octanol–water partition coefficient (Wildman–Crippen LogP) is 5.46. The molecule has 0 saturated carbocycles. The van der Waals surface area contributed by atoms with Crippen molar-refractivity contribution >= 4 is 23.4 Å². The van der Waals surface area contributed by atoms with Gasteiger partial charge >= 0.3 is 0 Å². The molecule has 0 radical (unpaired) electrons. The number of ether oxygens (including phenoxy) is 1. The largest absolute Gasteiger partial charge is 0.483 e. The number of aryl methyl sites for hydroxylation is 1. The van der Waals surface area contributed by atoms with E-state index in [1.54, 1.807) is 11.8 Å². The first-order chi connectivity index (χ1) is 12.6. The Balaban J connectivity index is 1.64. The molecule has 6 heteroatoms. The molecule has 3 aromatic rings. The summed E-state index contributed by atoms with van der Waals surface area (Å²) < 4.78 is 8.01. The van der Waals surface area contributed by atoms with Crippen LogP contribution in [0.3, 0.4) is 0 Å². The minimum absolute atomic E-state index is 0.176. The molecule has 0 spiro atoms. The zero-order valence-electron chi connectivity index (χ0n) is 15.1. The molecule has 3 rings (SSSR count). The molecule has 26 heavy (non-hydrogen) atoms. The van der Waals surface area contributed by atoms with E-state index in [2.05, 4.69) is 29.3 Å². The van der Waals surface area contributed by atoms with E-state index in [1.165, 1.54) is 11.1 Å².